The van der Waals surface area contributed by atoms with Crippen molar-refractivity contribution in [2.24, 2.45) is 4.99 Å². The molecule has 1 atom stereocenters. The second kappa shape index (κ2) is 12.0. The van der Waals surface area contributed by atoms with E-state index in [1.807, 2.05) is 67.6 Å². The average molecular weight is 715 g/mol. The molecular formula is C35H31IN4O3S. The fourth-order valence-corrected chi connectivity index (χ4v) is 7.16. The highest BCUT2D eigenvalue weighted by Crippen LogP contribution is 2.32. The molecule has 0 unspecified atom stereocenters. The smallest absolute Gasteiger partial charge is 0.271 e. The lowest BCUT2D eigenvalue weighted by atomic mass is 9.95. The molecule has 1 aliphatic rings. The zero-order chi connectivity index (χ0) is 31.1. The molecule has 6 rings (SSSR count). The van der Waals surface area contributed by atoms with Crippen molar-refractivity contribution in [1.29, 1.82) is 0 Å². The van der Waals surface area contributed by atoms with Gasteiger partial charge in [0, 0.05) is 26.3 Å². The number of benzene rings is 3. The van der Waals surface area contributed by atoms with Gasteiger partial charge in [0.25, 0.3) is 11.5 Å². The monoisotopic (exact) mass is 714 g/mol. The number of nitrogens with one attached hydrogen (secondary N) is 1. The SMILES string of the molecule is COc1ccc([C@H]2C(C(=O)Nc3ccccc3)=C(C)N=c3s/c(=C/c4cc(C)n(-c5ccc(C)c(I)c5)c4C)c(=O)n32)cc1. The van der Waals surface area contributed by atoms with E-state index in [2.05, 4.69) is 77.5 Å². The number of amides is 1. The number of para-hydroxylation sites is 1. The molecule has 0 fully saturated rings. The summed E-state index contributed by atoms with van der Waals surface area (Å²) in [6.45, 7) is 8.07. The molecule has 0 spiro atoms. The highest BCUT2D eigenvalue weighted by atomic mass is 127. The van der Waals surface area contributed by atoms with Gasteiger partial charge >= 0.3 is 0 Å². The lowest BCUT2D eigenvalue weighted by Gasteiger charge is -2.25. The fraction of sp³-hybridized carbons (Fsp3) is 0.171. The van der Waals surface area contributed by atoms with Crippen molar-refractivity contribution < 1.29 is 9.53 Å². The fourth-order valence-electron chi connectivity index (χ4n) is 5.63. The van der Waals surface area contributed by atoms with Gasteiger partial charge in [-0.3, -0.25) is 14.2 Å². The zero-order valence-corrected chi connectivity index (χ0v) is 28.0. The molecule has 0 aliphatic carbocycles. The molecule has 0 saturated heterocycles. The van der Waals surface area contributed by atoms with Crippen molar-refractivity contribution in [3.63, 3.8) is 0 Å². The van der Waals surface area contributed by atoms with E-state index in [0.717, 1.165) is 28.2 Å². The second-order valence-corrected chi connectivity index (χ2v) is 12.9. The number of thiazole rings is 1. The standard InChI is InChI=1S/C35H31IN4O3S/c1-20-11-14-27(19-29(20)36)39-21(2)17-25(23(39)4)18-30-34(42)40-32(24-12-15-28(43-5)16-13-24)31(22(3)37-35(40)44-30)33(41)38-26-9-7-6-8-10-26/h6-19,32H,1-5H3,(H,38,41)/b30-18+/t32-/m0/s1. The number of anilines is 1. The lowest BCUT2D eigenvalue weighted by molar-refractivity contribution is -0.113. The van der Waals surface area contributed by atoms with E-state index in [1.54, 1.807) is 11.7 Å². The normalized spacial score (nSPS) is 14.8. The average Bonchev–Trinajstić information content (AvgIpc) is 3.47. The number of aryl methyl sites for hydroxylation is 2. The number of fused-ring (bicyclic) bond motifs is 1. The van der Waals surface area contributed by atoms with Crippen LogP contribution in [0.2, 0.25) is 0 Å². The van der Waals surface area contributed by atoms with Crippen LogP contribution in [0.5, 0.6) is 5.75 Å². The number of ether oxygens (including phenoxy) is 1. The van der Waals surface area contributed by atoms with Crippen LogP contribution >= 0.6 is 33.9 Å². The largest absolute Gasteiger partial charge is 0.497 e. The molecule has 1 N–H and O–H groups in total. The first-order valence-corrected chi connectivity index (χ1v) is 16.0. The number of methoxy groups -OCH3 is 1. The third-order valence-electron chi connectivity index (χ3n) is 7.90. The summed E-state index contributed by atoms with van der Waals surface area (Å²) in [7, 11) is 1.61. The van der Waals surface area contributed by atoms with Crippen LogP contribution in [0.4, 0.5) is 5.69 Å². The van der Waals surface area contributed by atoms with E-state index < -0.39 is 6.04 Å². The van der Waals surface area contributed by atoms with E-state index in [1.165, 1.54) is 20.5 Å². The minimum Gasteiger partial charge on any atom is -0.497 e. The first kappa shape index (κ1) is 29.8. The first-order chi connectivity index (χ1) is 21.2. The number of rotatable bonds is 6. The maximum atomic E-state index is 14.2. The molecule has 5 aromatic rings. The van der Waals surface area contributed by atoms with Gasteiger partial charge in [-0.25, -0.2) is 4.99 Å². The van der Waals surface area contributed by atoms with Crippen molar-refractivity contribution >= 4 is 51.6 Å². The van der Waals surface area contributed by atoms with Crippen molar-refractivity contribution in [2.75, 3.05) is 12.4 Å². The molecule has 1 aliphatic heterocycles. The Hall–Kier alpha value is -4.22. The Bertz CT molecular complexity index is 2120. The molecule has 0 saturated carbocycles. The molecule has 0 radical (unpaired) electrons. The maximum absolute atomic E-state index is 14.2. The van der Waals surface area contributed by atoms with E-state index >= 15 is 0 Å². The van der Waals surface area contributed by atoms with Crippen LogP contribution in [0.3, 0.4) is 0 Å². The molecular weight excluding hydrogens is 683 g/mol. The summed E-state index contributed by atoms with van der Waals surface area (Å²) in [4.78, 5) is 33.3. The summed E-state index contributed by atoms with van der Waals surface area (Å²) < 4.78 is 11.0. The Balaban J connectivity index is 1.49. The van der Waals surface area contributed by atoms with Crippen LogP contribution < -0.4 is 24.9 Å². The van der Waals surface area contributed by atoms with Crippen molar-refractivity contribution in [3.8, 4) is 11.4 Å². The highest BCUT2D eigenvalue weighted by Gasteiger charge is 2.32. The number of nitrogens with zero attached hydrogens (tertiary/aromatic N) is 3. The highest BCUT2D eigenvalue weighted by molar-refractivity contribution is 14.1. The Morgan fingerprint density at radius 1 is 1.00 bits per heavy atom. The number of carbonyl (C=O) groups is 1. The van der Waals surface area contributed by atoms with Gasteiger partial charge in [0.15, 0.2) is 4.80 Å². The topological polar surface area (TPSA) is 77.6 Å². The van der Waals surface area contributed by atoms with E-state index in [9.17, 15) is 9.59 Å². The van der Waals surface area contributed by atoms with Crippen molar-refractivity contribution in [2.45, 2.75) is 33.7 Å². The molecule has 44 heavy (non-hydrogen) atoms. The number of aromatic nitrogens is 2. The van der Waals surface area contributed by atoms with Crippen LogP contribution in [-0.2, 0) is 4.79 Å². The molecule has 7 nitrogen and oxygen atoms in total. The summed E-state index contributed by atoms with van der Waals surface area (Å²) in [5.41, 5.74) is 7.65. The Labute approximate surface area is 273 Å². The Kier molecular flexibility index (Phi) is 8.17. The van der Waals surface area contributed by atoms with Gasteiger partial charge in [-0.1, -0.05) is 47.7 Å². The second-order valence-electron chi connectivity index (χ2n) is 10.8. The predicted octanol–water partition coefficient (Wildman–Crippen LogP) is 6.20. The quantitative estimate of drug-likeness (QED) is 0.213. The molecule has 0 bridgehead atoms. The van der Waals surface area contributed by atoms with Gasteiger partial charge < -0.3 is 14.6 Å². The minimum absolute atomic E-state index is 0.193. The van der Waals surface area contributed by atoms with Gasteiger partial charge in [0.05, 0.1) is 29.0 Å². The Morgan fingerprint density at radius 2 is 1.73 bits per heavy atom. The maximum Gasteiger partial charge on any atom is 0.271 e. The van der Waals surface area contributed by atoms with Crippen molar-refractivity contribution in [1.82, 2.24) is 9.13 Å². The summed E-state index contributed by atoms with van der Waals surface area (Å²) >= 11 is 3.70. The number of hydrogen-bond donors (Lipinski definition) is 1. The van der Waals surface area contributed by atoms with E-state index in [0.29, 0.717) is 32.0 Å². The van der Waals surface area contributed by atoms with Crippen LogP contribution in [0, 0.1) is 24.3 Å². The van der Waals surface area contributed by atoms with E-state index in [-0.39, 0.29) is 11.5 Å². The van der Waals surface area contributed by atoms with Crippen LogP contribution in [-0.4, -0.2) is 22.2 Å². The van der Waals surface area contributed by atoms with Gasteiger partial charge in [-0.2, -0.15) is 0 Å². The molecule has 2 aromatic heterocycles. The predicted molar refractivity (Wildman–Crippen MR) is 185 cm³/mol. The zero-order valence-electron chi connectivity index (χ0n) is 25.0. The van der Waals surface area contributed by atoms with Gasteiger partial charge in [0.2, 0.25) is 0 Å². The van der Waals surface area contributed by atoms with Crippen LogP contribution in [0.1, 0.15) is 41.0 Å². The molecule has 3 heterocycles. The number of hydrogen-bond acceptors (Lipinski definition) is 5. The summed E-state index contributed by atoms with van der Waals surface area (Å²) in [5.74, 6) is 0.389. The number of halogens is 1. The van der Waals surface area contributed by atoms with Gasteiger partial charge in [-0.05, 0) is 116 Å². The molecule has 9 heteroatoms. The lowest BCUT2D eigenvalue weighted by Crippen LogP contribution is -2.40. The van der Waals surface area contributed by atoms with Crippen LogP contribution in [0.15, 0.2) is 99.9 Å². The Morgan fingerprint density at radius 3 is 2.41 bits per heavy atom. The van der Waals surface area contributed by atoms with Crippen LogP contribution in [0.25, 0.3) is 11.8 Å². The molecule has 3 aromatic carbocycles. The minimum atomic E-state index is -0.662. The number of allylic oxidation sites excluding steroid dienone is 1. The van der Waals surface area contributed by atoms with Gasteiger partial charge in [-0.15, -0.1) is 0 Å². The van der Waals surface area contributed by atoms with E-state index in [4.69, 9.17) is 9.73 Å². The van der Waals surface area contributed by atoms with Gasteiger partial charge in [0.1, 0.15) is 5.75 Å². The summed E-state index contributed by atoms with van der Waals surface area (Å²) in [6.07, 6.45) is 1.94. The number of carbonyl (C=O) groups excluding carboxylic acids is 1. The molecule has 1 amide bonds. The first-order valence-electron chi connectivity index (χ1n) is 14.1. The third-order valence-corrected chi connectivity index (χ3v) is 10.0. The summed E-state index contributed by atoms with van der Waals surface area (Å²) in [5, 5.41) is 3.00. The van der Waals surface area contributed by atoms with Crippen molar-refractivity contribution in [3.05, 3.63) is 141 Å². The molecule has 222 valence electrons. The third kappa shape index (κ3) is 5.46. The summed E-state index contributed by atoms with van der Waals surface area (Å²) in [6, 6.07) is 24.6.